The molecular formula is C14H20N2O3S. The molecule has 0 aromatic heterocycles. The average molecular weight is 296 g/mol. The molecule has 0 saturated carbocycles. The minimum Gasteiger partial charge on any atom is -0.322 e. The lowest BCUT2D eigenvalue weighted by Gasteiger charge is -2.14. The summed E-state index contributed by atoms with van der Waals surface area (Å²) in [6.45, 7) is 5.45. The van der Waals surface area contributed by atoms with Crippen molar-refractivity contribution in [1.29, 1.82) is 0 Å². The van der Waals surface area contributed by atoms with Gasteiger partial charge in [0.15, 0.2) is 0 Å². The van der Waals surface area contributed by atoms with Gasteiger partial charge in [0.1, 0.15) is 0 Å². The summed E-state index contributed by atoms with van der Waals surface area (Å²) in [5.41, 5.74) is 2.17. The molecule has 0 heterocycles. The first-order chi connectivity index (χ1) is 9.14. The Balaban J connectivity index is 3.17. The Hall–Kier alpha value is -1.66. The number of rotatable bonds is 4. The predicted octanol–water partition coefficient (Wildman–Crippen LogP) is 2.15. The molecule has 0 aliphatic rings. The van der Waals surface area contributed by atoms with Gasteiger partial charge >= 0.3 is 0 Å². The molecule has 1 rings (SSSR count). The highest BCUT2D eigenvalue weighted by Crippen LogP contribution is 2.22. The van der Waals surface area contributed by atoms with Crippen molar-refractivity contribution in [2.75, 3.05) is 19.4 Å². The van der Waals surface area contributed by atoms with E-state index in [0.29, 0.717) is 5.69 Å². The molecule has 0 spiro atoms. The van der Waals surface area contributed by atoms with Gasteiger partial charge in [0.2, 0.25) is 15.9 Å². The Morgan fingerprint density at radius 1 is 1.25 bits per heavy atom. The van der Waals surface area contributed by atoms with Gasteiger partial charge in [-0.15, -0.1) is 0 Å². The molecule has 0 aliphatic heterocycles. The Kier molecular flexibility index (Phi) is 5.08. The van der Waals surface area contributed by atoms with Crippen molar-refractivity contribution in [3.8, 4) is 0 Å². The first kappa shape index (κ1) is 16.4. The molecule has 5 nitrogen and oxygen atoms in total. The van der Waals surface area contributed by atoms with Crippen molar-refractivity contribution in [3.63, 3.8) is 0 Å². The molecule has 0 unspecified atom stereocenters. The third-order valence-corrected chi connectivity index (χ3v) is 4.48. The Morgan fingerprint density at radius 3 is 2.35 bits per heavy atom. The number of benzene rings is 1. The second-order valence-electron chi connectivity index (χ2n) is 4.98. The fraction of sp³-hybridized carbons (Fsp3) is 0.357. The zero-order chi connectivity index (χ0) is 15.5. The summed E-state index contributed by atoms with van der Waals surface area (Å²) in [4.78, 5) is 11.9. The molecule has 1 N–H and O–H groups in total. The smallest absolute Gasteiger partial charge is 0.248 e. The number of amides is 1. The minimum atomic E-state index is -3.51. The molecule has 0 saturated heterocycles. The number of nitrogens with zero attached hydrogens (tertiary/aromatic N) is 1. The molecule has 0 atom stereocenters. The number of allylic oxidation sites excluding steroid dienone is 1. The number of nitrogens with one attached hydrogen (secondary N) is 1. The summed E-state index contributed by atoms with van der Waals surface area (Å²) in [6, 6.07) is 4.68. The van der Waals surface area contributed by atoms with Crippen LogP contribution in [0.15, 0.2) is 34.7 Å². The lowest BCUT2D eigenvalue weighted by atomic mass is 10.2. The topological polar surface area (TPSA) is 66.5 Å². The standard InChI is InChI=1S/C14H20N2O3S/c1-10(2)8-14(17)15-13-9-12(7-6-11(13)3)20(18,19)16(4)5/h6-9H,1-5H3,(H,15,17). The molecule has 0 fully saturated rings. The van der Waals surface area contributed by atoms with E-state index in [1.165, 1.54) is 32.3 Å². The van der Waals surface area contributed by atoms with Crippen LogP contribution in [-0.4, -0.2) is 32.7 Å². The van der Waals surface area contributed by atoms with Gasteiger partial charge in [-0.05, 0) is 38.5 Å². The molecule has 1 aromatic carbocycles. The number of hydrogen-bond donors (Lipinski definition) is 1. The van der Waals surface area contributed by atoms with Gasteiger partial charge in [0.25, 0.3) is 0 Å². The summed E-state index contributed by atoms with van der Waals surface area (Å²) in [5, 5.41) is 2.69. The average Bonchev–Trinajstić information content (AvgIpc) is 2.30. The van der Waals surface area contributed by atoms with Crippen LogP contribution in [0.3, 0.4) is 0 Å². The van der Waals surface area contributed by atoms with Crippen molar-refractivity contribution in [3.05, 3.63) is 35.4 Å². The highest BCUT2D eigenvalue weighted by molar-refractivity contribution is 7.89. The molecule has 1 aromatic rings. The van der Waals surface area contributed by atoms with E-state index in [2.05, 4.69) is 5.32 Å². The van der Waals surface area contributed by atoms with E-state index in [-0.39, 0.29) is 10.8 Å². The van der Waals surface area contributed by atoms with Crippen LogP contribution < -0.4 is 5.32 Å². The van der Waals surface area contributed by atoms with E-state index < -0.39 is 10.0 Å². The molecular weight excluding hydrogens is 276 g/mol. The maximum Gasteiger partial charge on any atom is 0.248 e. The molecule has 110 valence electrons. The quantitative estimate of drug-likeness (QED) is 0.866. The number of sulfonamides is 1. The predicted molar refractivity (Wildman–Crippen MR) is 80.1 cm³/mol. The van der Waals surface area contributed by atoms with Crippen molar-refractivity contribution >= 4 is 21.6 Å². The van der Waals surface area contributed by atoms with Crippen LogP contribution in [0.25, 0.3) is 0 Å². The highest BCUT2D eigenvalue weighted by Gasteiger charge is 2.18. The van der Waals surface area contributed by atoms with E-state index in [9.17, 15) is 13.2 Å². The maximum absolute atomic E-state index is 12.1. The first-order valence-electron chi connectivity index (χ1n) is 6.13. The number of aryl methyl sites for hydroxylation is 1. The number of carbonyl (C=O) groups excluding carboxylic acids is 1. The summed E-state index contributed by atoms with van der Waals surface area (Å²) >= 11 is 0. The second kappa shape index (κ2) is 6.19. The molecule has 0 bridgehead atoms. The van der Waals surface area contributed by atoms with Gasteiger partial charge in [-0.2, -0.15) is 0 Å². The van der Waals surface area contributed by atoms with Gasteiger partial charge < -0.3 is 5.32 Å². The summed E-state index contributed by atoms with van der Waals surface area (Å²) < 4.78 is 25.3. The first-order valence-corrected chi connectivity index (χ1v) is 7.57. The van der Waals surface area contributed by atoms with Crippen LogP contribution in [-0.2, 0) is 14.8 Å². The Morgan fingerprint density at radius 2 is 1.85 bits per heavy atom. The van der Waals surface area contributed by atoms with Gasteiger partial charge in [-0.3, -0.25) is 4.79 Å². The van der Waals surface area contributed by atoms with Crippen molar-refractivity contribution < 1.29 is 13.2 Å². The highest BCUT2D eigenvalue weighted by atomic mass is 32.2. The zero-order valence-corrected chi connectivity index (χ0v) is 13.2. The number of anilines is 1. The summed E-state index contributed by atoms with van der Waals surface area (Å²) in [7, 11) is -0.571. The zero-order valence-electron chi connectivity index (χ0n) is 12.4. The van der Waals surface area contributed by atoms with Crippen molar-refractivity contribution in [2.45, 2.75) is 25.7 Å². The molecule has 6 heteroatoms. The summed E-state index contributed by atoms with van der Waals surface area (Å²) in [5.74, 6) is -0.271. The molecule has 0 aliphatic carbocycles. The molecule has 1 amide bonds. The molecule has 20 heavy (non-hydrogen) atoms. The largest absolute Gasteiger partial charge is 0.322 e. The van der Waals surface area contributed by atoms with E-state index in [0.717, 1.165) is 15.4 Å². The van der Waals surface area contributed by atoms with Crippen LogP contribution in [0, 0.1) is 6.92 Å². The number of carbonyl (C=O) groups is 1. The normalized spacial score (nSPS) is 11.3. The maximum atomic E-state index is 12.1. The van der Waals surface area contributed by atoms with Crippen LogP contribution in [0.4, 0.5) is 5.69 Å². The fourth-order valence-electron chi connectivity index (χ4n) is 1.54. The summed E-state index contributed by atoms with van der Waals surface area (Å²) in [6.07, 6.45) is 1.46. The lowest BCUT2D eigenvalue weighted by molar-refractivity contribution is -0.112. The van der Waals surface area contributed by atoms with Crippen molar-refractivity contribution in [1.82, 2.24) is 4.31 Å². The lowest BCUT2D eigenvalue weighted by Crippen LogP contribution is -2.22. The van der Waals surface area contributed by atoms with Gasteiger partial charge in [0.05, 0.1) is 4.90 Å². The third-order valence-electron chi connectivity index (χ3n) is 2.67. The SMILES string of the molecule is CC(C)=CC(=O)Nc1cc(S(=O)(=O)N(C)C)ccc1C. The van der Waals surface area contributed by atoms with Crippen molar-refractivity contribution in [2.24, 2.45) is 0 Å². The monoisotopic (exact) mass is 296 g/mol. The van der Waals surface area contributed by atoms with Gasteiger partial charge in [0, 0.05) is 25.9 Å². The number of hydrogen-bond acceptors (Lipinski definition) is 3. The Labute approximate surface area is 120 Å². The van der Waals surface area contributed by atoms with E-state index in [1.807, 2.05) is 20.8 Å². The van der Waals surface area contributed by atoms with Crippen LogP contribution in [0.1, 0.15) is 19.4 Å². The van der Waals surface area contributed by atoms with Gasteiger partial charge in [-0.25, -0.2) is 12.7 Å². The van der Waals surface area contributed by atoms with E-state index >= 15 is 0 Å². The van der Waals surface area contributed by atoms with Crippen LogP contribution in [0.5, 0.6) is 0 Å². The third kappa shape index (κ3) is 3.91. The second-order valence-corrected chi connectivity index (χ2v) is 7.13. The van der Waals surface area contributed by atoms with E-state index in [1.54, 1.807) is 6.07 Å². The fourth-order valence-corrected chi connectivity index (χ4v) is 2.47. The van der Waals surface area contributed by atoms with E-state index in [4.69, 9.17) is 0 Å². The minimum absolute atomic E-state index is 0.153. The Bertz CT molecular complexity index is 642. The van der Waals surface area contributed by atoms with Gasteiger partial charge in [-0.1, -0.05) is 11.6 Å². The van der Waals surface area contributed by atoms with Crippen LogP contribution in [0.2, 0.25) is 0 Å². The van der Waals surface area contributed by atoms with Crippen LogP contribution >= 0.6 is 0 Å². The molecule has 0 radical (unpaired) electrons.